The Balaban J connectivity index is 2.32. The Hall–Kier alpha value is -1.16. The zero-order valence-electron chi connectivity index (χ0n) is 12.7. The van der Waals surface area contributed by atoms with Gasteiger partial charge in [-0.3, -0.25) is 4.57 Å². The number of hydrogen-bond acceptors (Lipinski definition) is 4. The fraction of sp³-hybridized carbons (Fsp3) is 0.533. The monoisotopic (exact) mass is 311 g/mol. The molecule has 0 fully saturated rings. The van der Waals surface area contributed by atoms with Gasteiger partial charge in [-0.2, -0.15) is 4.74 Å². The van der Waals surface area contributed by atoms with Crippen molar-refractivity contribution in [3.8, 4) is 0 Å². The second-order valence-electron chi connectivity index (χ2n) is 5.25. The molecule has 21 heavy (non-hydrogen) atoms. The van der Waals surface area contributed by atoms with Gasteiger partial charge in [0.2, 0.25) is 0 Å². The van der Waals surface area contributed by atoms with E-state index in [-0.39, 0.29) is 19.1 Å². The molecule has 2 rings (SSSR count). The molecule has 0 radical (unpaired) electrons. The van der Waals surface area contributed by atoms with Gasteiger partial charge < -0.3 is 14.3 Å². The molecule has 6 heteroatoms. The van der Waals surface area contributed by atoms with Crippen LogP contribution in [0.2, 0.25) is 0 Å². The number of rotatable bonds is 6. The summed E-state index contributed by atoms with van der Waals surface area (Å²) in [4.78, 5) is 0. The molecule has 1 aliphatic heterocycles. The first-order chi connectivity index (χ1) is 9.97. The Bertz CT molecular complexity index is 550. The summed E-state index contributed by atoms with van der Waals surface area (Å²) in [6.07, 6.45) is 1.98. The Morgan fingerprint density at radius 3 is 2.38 bits per heavy atom. The number of benzene rings is 1. The van der Waals surface area contributed by atoms with Gasteiger partial charge in [0.05, 0.1) is 19.1 Å². The van der Waals surface area contributed by atoms with Gasteiger partial charge in [-0.05, 0) is 19.4 Å². The summed E-state index contributed by atoms with van der Waals surface area (Å²) in [5.41, 5.74) is 1.03. The maximum Gasteiger partial charge on any atom is 0.401 e. The number of hydrogen-bond donors (Lipinski definition) is 0. The van der Waals surface area contributed by atoms with Crippen molar-refractivity contribution < 1.29 is 18.4 Å². The van der Waals surface area contributed by atoms with Crippen LogP contribution in [0.15, 0.2) is 30.3 Å². The maximum absolute atomic E-state index is 13.0. The smallest absolute Gasteiger partial charge is 0.401 e. The van der Waals surface area contributed by atoms with E-state index in [2.05, 4.69) is 0 Å². The third-order valence-corrected chi connectivity index (χ3v) is 6.57. The lowest BCUT2D eigenvalue weighted by Gasteiger charge is -2.30. The average molecular weight is 311 g/mol. The topological polar surface area (TPSA) is 61.6 Å². The van der Waals surface area contributed by atoms with E-state index in [1.165, 1.54) is 0 Å². The van der Waals surface area contributed by atoms with E-state index in [0.717, 1.165) is 10.3 Å². The summed E-state index contributed by atoms with van der Waals surface area (Å²) in [7, 11) is -3.51. The molecular weight excluding hydrogens is 289 g/mol. The van der Waals surface area contributed by atoms with E-state index in [9.17, 15) is 9.77 Å². The van der Waals surface area contributed by atoms with Crippen LogP contribution in [0.5, 0.6) is 0 Å². The summed E-state index contributed by atoms with van der Waals surface area (Å²) in [6.45, 7) is 5.65. The van der Waals surface area contributed by atoms with Crippen LogP contribution >= 0.6 is 7.60 Å². The van der Waals surface area contributed by atoms with Crippen molar-refractivity contribution in [2.45, 2.75) is 38.4 Å². The van der Waals surface area contributed by atoms with Gasteiger partial charge in [0.15, 0.2) is 6.21 Å². The molecular formula is C15H22NO4P. The molecule has 0 saturated heterocycles. The molecule has 2 atom stereocenters. The molecule has 1 aliphatic rings. The fourth-order valence-electron chi connectivity index (χ4n) is 2.68. The Labute approximate surface area is 125 Å². The average Bonchev–Trinajstić information content (AvgIpc) is 2.78. The van der Waals surface area contributed by atoms with Crippen LogP contribution in [-0.4, -0.2) is 29.4 Å². The molecule has 116 valence electrons. The number of hydroxylamine groups is 1. The molecule has 5 nitrogen and oxygen atoms in total. The summed E-state index contributed by atoms with van der Waals surface area (Å²) in [5, 5.41) is 11.2. The van der Waals surface area contributed by atoms with Crippen molar-refractivity contribution in [2.24, 2.45) is 0 Å². The summed E-state index contributed by atoms with van der Waals surface area (Å²) in [5.74, 6) is -0.0806. The summed E-state index contributed by atoms with van der Waals surface area (Å²) in [6, 6.07) is 9.72. The number of nitrogens with zero attached hydrogens (tertiary/aromatic N) is 1. The molecule has 0 aliphatic carbocycles. The summed E-state index contributed by atoms with van der Waals surface area (Å²) >= 11 is 0. The van der Waals surface area contributed by atoms with E-state index in [1.54, 1.807) is 27.0 Å². The molecule has 1 aromatic carbocycles. The van der Waals surface area contributed by atoms with Gasteiger partial charge in [0.25, 0.3) is 5.28 Å². The molecule has 0 bridgehead atoms. The molecule has 0 aromatic heterocycles. The van der Waals surface area contributed by atoms with Crippen molar-refractivity contribution in [3.05, 3.63) is 41.1 Å². The third kappa shape index (κ3) is 2.91. The van der Waals surface area contributed by atoms with Crippen molar-refractivity contribution >= 4 is 13.8 Å². The normalized spacial score (nSPS) is 25.9. The zero-order chi connectivity index (χ0) is 15.5. The molecule has 0 unspecified atom stereocenters. The van der Waals surface area contributed by atoms with Crippen LogP contribution in [0.1, 0.15) is 38.7 Å². The predicted molar refractivity (Wildman–Crippen MR) is 82.8 cm³/mol. The predicted octanol–water partition coefficient (Wildman–Crippen LogP) is 3.74. The first-order valence-electron chi connectivity index (χ1n) is 7.22. The molecule has 0 saturated carbocycles. The van der Waals surface area contributed by atoms with Crippen molar-refractivity contribution in [3.63, 3.8) is 0 Å². The van der Waals surface area contributed by atoms with Crippen LogP contribution in [0.3, 0.4) is 0 Å². The standard InChI is InChI=1S/C15H22NO4P/c1-4-19-21(18,20-5-2)15(3)11-14(12-16(15)17)13-9-7-6-8-10-13/h6-10,12,14H,4-5,11H2,1-3H3/t14-,15-/m0/s1. The van der Waals surface area contributed by atoms with Gasteiger partial charge in [-0.25, -0.2) is 0 Å². The van der Waals surface area contributed by atoms with Gasteiger partial charge in [-0.15, -0.1) is 0 Å². The Kier molecular flexibility index (Phi) is 4.87. The van der Waals surface area contributed by atoms with E-state index in [4.69, 9.17) is 9.05 Å². The van der Waals surface area contributed by atoms with Crippen molar-refractivity contribution in [1.29, 1.82) is 0 Å². The zero-order valence-corrected chi connectivity index (χ0v) is 13.6. The lowest BCUT2D eigenvalue weighted by Crippen LogP contribution is -2.34. The third-order valence-electron chi connectivity index (χ3n) is 3.81. The van der Waals surface area contributed by atoms with Crippen molar-refractivity contribution in [2.75, 3.05) is 13.2 Å². The largest absolute Gasteiger partial charge is 0.623 e. The van der Waals surface area contributed by atoms with Gasteiger partial charge in [0.1, 0.15) is 0 Å². The minimum Gasteiger partial charge on any atom is -0.623 e. The highest BCUT2D eigenvalue weighted by atomic mass is 31.2. The van der Waals surface area contributed by atoms with E-state index in [1.807, 2.05) is 30.3 Å². The Morgan fingerprint density at radius 1 is 1.29 bits per heavy atom. The van der Waals surface area contributed by atoms with E-state index in [0.29, 0.717) is 6.42 Å². The highest BCUT2D eigenvalue weighted by Crippen LogP contribution is 2.64. The molecule has 1 heterocycles. The summed E-state index contributed by atoms with van der Waals surface area (Å²) < 4.78 is 24.5. The van der Waals surface area contributed by atoms with Crippen LogP contribution in [0.4, 0.5) is 0 Å². The molecule has 0 amide bonds. The maximum atomic E-state index is 13.0. The second-order valence-corrected chi connectivity index (χ2v) is 7.72. The van der Waals surface area contributed by atoms with E-state index < -0.39 is 12.9 Å². The van der Waals surface area contributed by atoms with Gasteiger partial charge >= 0.3 is 7.60 Å². The Morgan fingerprint density at radius 2 is 1.86 bits per heavy atom. The van der Waals surface area contributed by atoms with Crippen LogP contribution in [0, 0.1) is 5.21 Å². The first kappa shape index (κ1) is 16.2. The molecule has 0 N–H and O–H groups in total. The minimum absolute atomic E-state index is 0.0806. The second kappa shape index (κ2) is 6.30. The van der Waals surface area contributed by atoms with Gasteiger partial charge in [-0.1, -0.05) is 30.3 Å². The SMILES string of the molecule is CCOP(=O)(OCC)[C@@]1(C)C[C@H](c2ccccc2)C=[N+]1[O-]. The van der Waals surface area contributed by atoms with Crippen LogP contribution in [0.25, 0.3) is 0 Å². The quantitative estimate of drug-likeness (QED) is 0.456. The van der Waals surface area contributed by atoms with Crippen molar-refractivity contribution in [1.82, 2.24) is 0 Å². The lowest BCUT2D eigenvalue weighted by molar-refractivity contribution is -0.506. The highest BCUT2D eigenvalue weighted by Gasteiger charge is 2.59. The minimum atomic E-state index is -3.51. The lowest BCUT2D eigenvalue weighted by atomic mass is 9.96. The molecule has 1 aromatic rings. The molecule has 0 spiro atoms. The fourth-order valence-corrected chi connectivity index (χ4v) is 4.71. The van der Waals surface area contributed by atoms with Crippen LogP contribution in [-0.2, 0) is 13.6 Å². The van der Waals surface area contributed by atoms with E-state index >= 15 is 0 Å². The first-order valence-corrected chi connectivity index (χ1v) is 8.76. The highest BCUT2D eigenvalue weighted by molar-refractivity contribution is 7.55. The van der Waals surface area contributed by atoms with Gasteiger partial charge in [0, 0.05) is 13.3 Å². The van der Waals surface area contributed by atoms with Crippen LogP contribution < -0.4 is 0 Å².